The summed E-state index contributed by atoms with van der Waals surface area (Å²) < 4.78 is 19.4. The summed E-state index contributed by atoms with van der Waals surface area (Å²) in [5, 5.41) is 3.42. The van der Waals surface area contributed by atoms with Crippen molar-refractivity contribution in [3.05, 3.63) is 58.4 Å². The number of carbonyl (C=O) groups is 1. The van der Waals surface area contributed by atoms with E-state index in [1.807, 2.05) is 39.0 Å². The largest absolute Gasteiger partial charge is 0.444 e. The SMILES string of the molecule is CC(C)(C)OC(=O)N1CCc2ccc(Nc3ccc(Cl)cc3F)cc2C1. The molecule has 1 N–H and O–H groups in total. The van der Waals surface area contributed by atoms with E-state index < -0.39 is 11.4 Å². The first kappa shape index (κ1) is 18.5. The van der Waals surface area contributed by atoms with Crippen LogP contribution in [0.4, 0.5) is 20.6 Å². The summed E-state index contributed by atoms with van der Waals surface area (Å²) in [5.41, 5.74) is 2.81. The molecule has 6 heteroatoms. The summed E-state index contributed by atoms with van der Waals surface area (Å²) in [6, 6.07) is 10.4. The lowest BCUT2D eigenvalue weighted by Crippen LogP contribution is -2.39. The molecule has 0 aliphatic carbocycles. The van der Waals surface area contributed by atoms with Crippen LogP contribution in [0.1, 0.15) is 31.9 Å². The minimum atomic E-state index is -0.521. The molecular weight excluding hydrogens is 355 g/mol. The highest BCUT2D eigenvalue weighted by Gasteiger charge is 2.25. The van der Waals surface area contributed by atoms with E-state index in [2.05, 4.69) is 5.32 Å². The highest BCUT2D eigenvalue weighted by molar-refractivity contribution is 6.30. The topological polar surface area (TPSA) is 41.6 Å². The zero-order valence-electron chi connectivity index (χ0n) is 15.1. The van der Waals surface area contributed by atoms with Gasteiger partial charge in [0.2, 0.25) is 0 Å². The maximum atomic E-state index is 14.0. The molecule has 0 radical (unpaired) electrons. The maximum absolute atomic E-state index is 14.0. The number of nitrogens with zero attached hydrogens (tertiary/aromatic N) is 1. The third-order valence-corrected chi connectivity index (χ3v) is 4.32. The molecular formula is C20H22ClFN2O2. The van der Waals surface area contributed by atoms with Crippen LogP contribution in [0, 0.1) is 5.82 Å². The number of ether oxygens (including phenoxy) is 1. The van der Waals surface area contributed by atoms with E-state index in [-0.39, 0.29) is 6.09 Å². The molecule has 0 fully saturated rings. The van der Waals surface area contributed by atoms with E-state index in [0.29, 0.717) is 23.8 Å². The highest BCUT2D eigenvalue weighted by atomic mass is 35.5. The monoisotopic (exact) mass is 376 g/mol. The Labute approximate surface area is 157 Å². The van der Waals surface area contributed by atoms with Gasteiger partial charge in [-0.3, -0.25) is 0 Å². The lowest BCUT2D eigenvalue weighted by atomic mass is 9.99. The number of halogens is 2. The van der Waals surface area contributed by atoms with E-state index in [1.165, 1.54) is 11.6 Å². The number of rotatable bonds is 2. The predicted molar refractivity (Wildman–Crippen MR) is 101 cm³/mol. The van der Waals surface area contributed by atoms with Crippen molar-refractivity contribution in [3.8, 4) is 0 Å². The number of carbonyl (C=O) groups excluding carboxylic acids is 1. The van der Waals surface area contributed by atoms with Gasteiger partial charge in [0.25, 0.3) is 0 Å². The van der Waals surface area contributed by atoms with Gasteiger partial charge in [-0.15, -0.1) is 0 Å². The summed E-state index contributed by atoms with van der Waals surface area (Å²) in [6.07, 6.45) is 0.453. The van der Waals surface area contributed by atoms with Crippen LogP contribution in [0.25, 0.3) is 0 Å². The number of hydrogen-bond acceptors (Lipinski definition) is 3. The number of hydrogen-bond donors (Lipinski definition) is 1. The summed E-state index contributed by atoms with van der Waals surface area (Å²) in [4.78, 5) is 14.0. The fourth-order valence-electron chi connectivity index (χ4n) is 2.86. The Morgan fingerprint density at radius 1 is 1.19 bits per heavy atom. The van der Waals surface area contributed by atoms with E-state index >= 15 is 0 Å². The summed E-state index contributed by atoms with van der Waals surface area (Å²) in [6.45, 7) is 6.66. The second-order valence-electron chi connectivity index (χ2n) is 7.38. The number of amides is 1. The molecule has 0 saturated heterocycles. The van der Waals surface area contributed by atoms with Gasteiger partial charge in [-0.2, -0.15) is 0 Å². The first-order valence-corrected chi connectivity index (χ1v) is 8.91. The zero-order valence-corrected chi connectivity index (χ0v) is 15.9. The Kier molecular flexibility index (Phi) is 5.10. The Hall–Kier alpha value is -2.27. The molecule has 0 aromatic heterocycles. The van der Waals surface area contributed by atoms with Crippen molar-refractivity contribution in [2.75, 3.05) is 11.9 Å². The first-order chi connectivity index (χ1) is 12.2. The number of nitrogens with one attached hydrogen (secondary N) is 1. The highest BCUT2D eigenvalue weighted by Crippen LogP contribution is 2.27. The molecule has 26 heavy (non-hydrogen) atoms. The van der Waals surface area contributed by atoms with Gasteiger partial charge >= 0.3 is 6.09 Å². The third-order valence-electron chi connectivity index (χ3n) is 4.08. The summed E-state index contributed by atoms with van der Waals surface area (Å²) in [7, 11) is 0. The molecule has 0 saturated carbocycles. The van der Waals surface area contributed by atoms with Crippen LogP contribution < -0.4 is 5.32 Å². The Bertz CT molecular complexity index is 833. The number of fused-ring (bicyclic) bond motifs is 1. The van der Waals surface area contributed by atoms with Gasteiger partial charge in [-0.05, 0) is 68.7 Å². The fraction of sp³-hybridized carbons (Fsp3) is 0.350. The van der Waals surface area contributed by atoms with Gasteiger partial charge in [0.1, 0.15) is 11.4 Å². The van der Waals surface area contributed by atoms with Crippen molar-refractivity contribution in [2.24, 2.45) is 0 Å². The maximum Gasteiger partial charge on any atom is 0.410 e. The quantitative estimate of drug-likeness (QED) is 0.750. The minimum Gasteiger partial charge on any atom is -0.444 e. The fourth-order valence-corrected chi connectivity index (χ4v) is 3.02. The van der Waals surface area contributed by atoms with Crippen LogP contribution >= 0.6 is 11.6 Å². The normalized spacial score (nSPS) is 14.0. The summed E-state index contributed by atoms with van der Waals surface area (Å²) in [5.74, 6) is -0.411. The van der Waals surface area contributed by atoms with Crippen LogP contribution in [0.3, 0.4) is 0 Å². The van der Waals surface area contributed by atoms with E-state index in [0.717, 1.165) is 17.7 Å². The predicted octanol–water partition coefficient (Wildman–Crippen LogP) is 5.52. The van der Waals surface area contributed by atoms with Gasteiger partial charge < -0.3 is 15.0 Å². The second kappa shape index (κ2) is 7.16. The van der Waals surface area contributed by atoms with Crippen molar-refractivity contribution in [1.82, 2.24) is 4.90 Å². The van der Waals surface area contributed by atoms with Gasteiger partial charge in [0.15, 0.2) is 0 Å². The van der Waals surface area contributed by atoms with E-state index in [4.69, 9.17) is 16.3 Å². The number of anilines is 2. The van der Waals surface area contributed by atoms with Crippen molar-refractivity contribution in [2.45, 2.75) is 39.3 Å². The molecule has 1 heterocycles. The zero-order chi connectivity index (χ0) is 18.9. The molecule has 0 bridgehead atoms. The second-order valence-corrected chi connectivity index (χ2v) is 7.82. The Balaban J connectivity index is 1.76. The molecule has 1 amide bonds. The molecule has 0 spiro atoms. The Morgan fingerprint density at radius 2 is 1.96 bits per heavy atom. The standard InChI is InChI=1S/C20H22ClFN2O2/c1-20(2,3)26-19(25)24-9-8-13-4-6-16(10-14(13)12-24)23-18-7-5-15(21)11-17(18)22/h4-7,10-11,23H,8-9,12H2,1-3H3. The molecule has 0 atom stereocenters. The smallest absolute Gasteiger partial charge is 0.410 e. The lowest BCUT2D eigenvalue weighted by Gasteiger charge is -2.31. The van der Waals surface area contributed by atoms with Crippen molar-refractivity contribution >= 4 is 29.1 Å². The third kappa shape index (κ3) is 4.47. The molecule has 3 rings (SSSR count). The molecule has 1 aliphatic rings. The number of benzene rings is 2. The molecule has 4 nitrogen and oxygen atoms in total. The first-order valence-electron chi connectivity index (χ1n) is 8.53. The molecule has 138 valence electrons. The van der Waals surface area contributed by atoms with Gasteiger partial charge in [0.05, 0.1) is 5.69 Å². The van der Waals surface area contributed by atoms with Crippen molar-refractivity contribution in [1.29, 1.82) is 0 Å². The average Bonchev–Trinajstić information content (AvgIpc) is 2.55. The van der Waals surface area contributed by atoms with Gasteiger partial charge in [-0.25, -0.2) is 9.18 Å². The molecule has 2 aromatic carbocycles. The van der Waals surface area contributed by atoms with Crippen LogP contribution in [0.5, 0.6) is 0 Å². The van der Waals surface area contributed by atoms with Crippen molar-refractivity contribution < 1.29 is 13.9 Å². The van der Waals surface area contributed by atoms with Gasteiger partial charge in [-0.1, -0.05) is 17.7 Å². The average molecular weight is 377 g/mol. The molecule has 1 aliphatic heterocycles. The minimum absolute atomic E-state index is 0.315. The van der Waals surface area contributed by atoms with Crippen LogP contribution in [0.2, 0.25) is 5.02 Å². The molecule has 2 aromatic rings. The lowest BCUT2D eigenvalue weighted by molar-refractivity contribution is 0.0224. The van der Waals surface area contributed by atoms with Gasteiger partial charge in [0, 0.05) is 23.8 Å². The van der Waals surface area contributed by atoms with E-state index in [9.17, 15) is 9.18 Å². The summed E-state index contributed by atoms with van der Waals surface area (Å²) >= 11 is 5.79. The molecule has 0 unspecified atom stereocenters. The van der Waals surface area contributed by atoms with Crippen LogP contribution in [0.15, 0.2) is 36.4 Å². The van der Waals surface area contributed by atoms with Crippen LogP contribution in [-0.2, 0) is 17.7 Å². The van der Waals surface area contributed by atoms with Crippen molar-refractivity contribution in [3.63, 3.8) is 0 Å². The van der Waals surface area contributed by atoms with E-state index in [1.54, 1.807) is 17.0 Å². The Morgan fingerprint density at radius 3 is 2.65 bits per heavy atom. The van der Waals surface area contributed by atoms with Crippen LogP contribution in [-0.4, -0.2) is 23.1 Å².